The van der Waals surface area contributed by atoms with E-state index in [9.17, 15) is 29.7 Å². The highest BCUT2D eigenvalue weighted by Gasteiger charge is 2.84. The van der Waals surface area contributed by atoms with Gasteiger partial charge in [0.05, 0.1) is 18.6 Å². The van der Waals surface area contributed by atoms with Crippen LogP contribution in [0.25, 0.3) is 0 Å². The SMILES string of the molecule is C/C=C/C=C(/C)C(=O)O[C@H]1[C@H](O)[C@H](OCC23C[C@@H]4[C@H](C)CC[C@H]4C4(C=O)CC2C=C(C(C)C)C34C(=O)O)O[C@H](CO)[C@H]1OC. The van der Waals surface area contributed by atoms with Gasteiger partial charge >= 0.3 is 11.9 Å². The Hall–Kier alpha value is -2.37. The fraction of sp³-hybridized carbons (Fsp3) is 0.735. The Kier molecular flexibility index (Phi) is 9.07. The number of carboxylic acids is 1. The van der Waals surface area contributed by atoms with Gasteiger partial charge in [0.25, 0.3) is 0 Å². The van der Waals surface area contributed by atoms with E-state index >= 15 is 0 Å². The quantitative estimate of drug-likeness (QED) is 0.104. The number of rotatable bonds is 11. The Balaban J connectivity index is 1.50. The van der Waals surface area contributed by atoms with Crippen LogP contribution >= 0.6 is 0 Å². The zero-order valence-corrected chi connectivity index (χ0v) is 26.6. The normalized spacial score (nSPS) is 44.6. The lowest BCUT2D eigenvalue weighted by Gasteiger charge is -2.58. The summed E-state index contributed by atoms with van der Waals surface area (Å²) >= 11 is 0. The molecule has 10 heteroatoms. The van der Waals surface area contributed by atoms with Gasteiger partial charge in [-0.3, -0.25) is 4.79 Å². The molecule has 4 aliphatic carbocycles. The average molecular weight is 617 g/mol. The number of ether oxygens (including phenoxy) is 4. The molecule has 0 radical (unpaired) electrons. The summed E-state index contributed by atoms with van der Waals surface area (Å²) in [5.41, 5.74) is -2.35. The smallest absolute Gasteiger partial charge is 0.334 e. The first-order valence-corrected chi connectivity index (χ1v) is 15.9. The first-order chi connectivity index (χ1) is 20.9. The summed E-state index contributed by atoms with van der Waals surface area (Å²) in [4.78, 5) is 39.9. The Morgan fingerprint density at radius 1 is 1.20 bits per heavy atom. The standard InChI is InChI=1S/C34H48O10/c1-7-8-9-20(5)29(38)44-28-26(37)30(43-25(15-35)27(28)41-6)42-17-33-14-22-19(4)10-11-23(22)32(16-36)13-21(33)12-24(18(2)3)34(32,33)31(39)40/h7-9,12,16,18-19,21-23,25-28,30,35,37H,10-11,13-15,17H2,1-6H3,(H,39,40)/b8-7+,20-9-/t19-,21?,22-,23-,25-,26+,27-,28+,30-,32?,33?,34?/m1/s1. The molecule has 0 aromatic carbocycles. The molecule has 5 rings (SSSR count). The number of esters is 1. The van der Waals surface area contributed by atoms with Gasteiger partial charge in [-0.05, 0) is 62.7 Å². The number of hydrogen-bond donors (Lipinski definition) is 3. The molecule has 10 nitrogen and oxygen atoms in total. The molecule has 0 spiro atoms. The van der Waals surface area contributed by atoms with Crippen LogP contribution < -0.4 is 0 Å². The fourth-order valence-electron chi connectivity index (χ4n) is 9.99. The van der Waals surface area contributed by atoms with Gasteiger partial charge in [-0.2, -0.15) is 0 Å². The molecule has 0 aromatic heterocycles. The van der Waals surface area contributed by atoms with Gasteiger partial charge in [0.2, 0.25) is 0 Å². The van der Waals surface area contributed by atoms with Crippen LogP contribution in [-0.4, -0.2) is 84.6 Å². The van der Waals surface area contributed by atoms with E-state index in [0.717, 1.165) is 24.7 Å². The number of methoxy groups -OCH3 is 1. The van der Waals surface area contributed by atoms with Gasteiger partial charge in [0.1, 0.15) is 30.0 Å². The molecule has 3 saturated carbocycles. The number of fused-ring (bicyclic) bond motifs is 2. The van der Waals surface area contributed by atoms with Crippen LogP contribution in [0.15, 0.2) is 35.5 Å². The van der Waals surface area contributed by atoms with Crippen molar-refractivity contribution in [1.29, 1.82) is 0 Å². The van der Waals surface area contributed by atoms with E-state index in [1.54, 1.807) is 25.2 Å². The van der Waals surface area contributed by atoms with Gasteiger partial charge in [-0.15, -0.1) is 0 Å². The molecule has 1 heterocycles. The summed E-state index contributed by atoms with van der Waals surface area (Å²) < 4.78 is 23.6. The Bertz CT molecular complexity index is 1240. The lowest BCUT2D eigenvalue weighted by molar-refractivity contribution is -0.315. The van der Waals surface area contributed by atoms with Crippen molar-refractivity contribution in [2.24, 2.45) is 45.8 Å². The van der Waals surface area contributed by atoms with Gasteiger partial charge in [-0.25, -0.2) is 4.79 Å². The number of aliphatic carboxylic acids is 1. The summed E-state index contributed by atoms with van der Waals surface area (Å²) in [5, 5.41) is 32.9. The minimum atomic E-state index is -1.49. The van der Waals surface area contributed by atoms with Crippen LogP contribution in [0.4, 0.5) is 0 Å². The maximum atomic E-state index is 13.7. The van der Waals surface area contributed by atoms with Crippen molar-refractivity contribution in [2.45, 2.75) is 91.0 Å². The van der Waals surface area contributed by atoms with Crippen molar-refractivity contribution in [3.05, 3.63) is 35.5 Å². The second kappa shape index (κ2) is 12.1. The third-order valence-corrected chi connectivity index (χ3v) is 11.8. The summed E-state index contributed by atoms with van der Waals surface area (Å²) in [7, 11) is 1.37. The van der Waals surface area contributed by atoms with Crippen molar-refractivity contribution in [1.82, 2.24) is 0 Å². The topological polar surface area (TPSA) is 149 Å². The average Bonchev–Trinajstić information content (AvgIpc) is 3.57. The molecular formula is C34H48O10. The monoisotopic (exact) mass is 616 g/mol. The van der Waals surface area contributed by atoms with Crippen molar-refractivity contribution in [2.75, 3.05) is 20.3 Å². The first-order valence-electron chi connectivity index (χ1n) is 15.9. The maximum absolute atomic E-state index is 13.7. The number of carbonyl (C=O) groups is 3. The van der Waals surface area contributed by atoms with E-state index in [0.29, 0.717) is 24.3 Å². The minimum Gasteiger partial charge on any atom is -0.481 e. The van der Waals surface area contributed by atoms with Crippen molar-refractivity contribution in [3.8, 4) is 0 Å². The number of hydrogen-bond acceptors (Lipinski definition) is 9. The molecule has 1 aliphatic heterocycles. The predicted molar refractivity (Wildman–Crippen MR) is 159 cm³/mol. The fourth-order valence-corrected chi connectivity index (χ4v) is 9.99. The molecule has 44 heavy (non-hydrogen) atoms. The van der Waals surface area contributed by atoms with Crippen LogP contribution in [0.5, 0.6) is 0 Å². The van der Waals surface area contributed by atoms with E-state index in [4.69, 9.17) is 18.9 Å². The number of aldehydes is 1. The van der Waals surface area contributed by atoms with Gasteiger partial charge in [-0.1, -0.05) is 57.1 Å². The minimum absolute atomic E-state index is 0.0212. The molecular weight excluding hydrogens is 568 g/mol. The molecule has 4 fully saturated rings. The van der Waals surface area contributed by atoms with Crippen molar-refractivity contribution < 1.29 is 48.7 Å². The lowest BCUT2D eigenvalue weighted by atomic mass is 9.43. The third-order valence-electron chi connectivity index (χ3n) is 11.8. The van der Waals surface area contributed by atoms with Crippen molar-refractivity contribution in [3.63, 3.8) is 0 Å². The summed E-state index contributed by atoms with van der Waals surface area (Å²) in [6.07, 6.45) is 4.85. The first kappa shape index (κ1) is 33.0. The largest absolute Gasteiger partial charge is 0.481 e. The zero-order chi connectivity index (χ0) is 32.2. The molecule has 0 aromatic rings. The number of aliphatic hydroxyl groups excluding tert-OH is 2. The maximum Gasteiger partial charge on any atom is 0.334 e. The van der Waals surface area contributed by atoms with Crippen LogP contribution in [0.1, 0.15) is 60.3 Å². The van der Waals surface area contributed by atoms with Crippen LogP contribution in [0, 0.1) is 45.8 Å². The van der Waals surface area contributed by atoms with E-state index in [1.807, 2.05) is 20.8 Å². The van der Waals surface area contributed by atoms with Gasteiger partial charge in [0.15, 0.2) is 12.4 Å². The molecule has 0 amide bonds. The summed E-state index contributed by atoms with van der Waals surface area (Å²) in [5.74, 6) is -1.48. The zero-order valence-electron chi connectivity index (χ0n) is 26.6. The number of aliphatic hydroxyl groups is 2. The molecule has 4 bridgehead atoms. The molecule has 244 valence electrons. The molecule has 1 saturated heterocycles. The summed E-state index contributed by atoms with van der Waals surface area (Å²) in [6, 6.07) is 0. The van der Waals surface area contributed by atoms with Crippen LogP contribution in [-0.2, 0) is 33.3 Å². The van der Waals surface area contributed by atoms with E-state index in [2.05, 4.69) is 13.0 Å². The number of carbonyl (C=O) groups excluding carboxylic acids is 2. The Morgan fingerprint density at radius 2 is 1.93 bits per heavy atom. The molecule has 12 atom stereocenters. The van der Waals surface area contributed by atoms with Crippen LogP contribution in [0.3, 0.4) is 0 Å². The van der Waals surface area contributed by atoms with E-state index in [1.165, 1.54) is 7.11 Å². The molecule has 3 N–H and O–H groups in total. The Morgan fingerprint density at radius 3 is 2.52 bits per heavy atom. The van der Waals surface area contributed by atoms with E-state index in [-0.39, 0.29) is 30.3 Å². The highest BCUT2D eigenvalue weighted by atomic mass is 16.7. The van der Waals surface area contributed by atoms with Crippen LogP contribution in [0.2, 0.25) is 0 Å². The predicted octanol–water partition coefficient (Wildman–Crippen LogP) is 3.45. The van der Waals surface area contributed by atoms with Gasteiger partial charge < -0.3 is 39.1 Å². The second-order valence-electron chi connectivity index (χ2n) is 14.0. The highest BCUT2D eigenvalue weighted by Crippen LogP contribution is 2.82. The number of allylic oxidation sites excluding steroid dienone is 4. The third kappa shape index (κ3) is 4.42. The molecule has 4 unspecified atom stereocenters. The summed E-state index contributed by atoms with van der Waals surface area (Å²) in [6.45, 7) is 8.97. The van der Waals surface area contributed by atoms with Gasteiger partial charge in [0, 0.05) is 18.1 Å². The lowest BCUT2D eigenvalue weighted by Crippen LogP contribution is -2.65. The van der Waals surface area contributed by atoms with Crippen molar-refractivity contribution >= 4 is 18.2 Å². The highest BCUT2D eigenvalue weighted by molar-refractivity contribution is 5.90. The second-order valence-corrected chi connectivity index (χ2v) is 14.0. The number of carboxylic acid groups (broad SMARTS) is 1. The Labute approximate surface area is 259 Å². The molecule has 5 aliphatic rings. The van der Waals surface area contributed by atoms with E-state index < -0.39 is 65.5 Å².